The van der Waals surface area contributed by atoms with E-state index in [1.807, 2.05) is 17.7 Å². The van der Waals surface area contributed by atoms with Crippen LogP contribution in [0.3, 0.4) is 0 Å². The highest BCUT2D eigenvalue weighted by Crippen LogP contribution is 2.38. The first-order valence-electron chi connectivity index (χ1n) is 18.4. The fourth-order valence-electron chi connectivity index (χ4n) is 7.12. The third kappa shape index (κ3) is 8.42. The number of aromatic nitrogens is 4. The number of ether oxygens (including phenoxy) is 2. The summed E-state index contributed by atoms with van der Waals surface area (Å²) in [5, 5.41) is 26.3. The molecule has 0 unspecified atom stereocenters. The van der Waals surface area contributed by atoms with E-state index in [4.69, 9.17) is 19.6 Å². The summed E-state index contributed by atoms with van der Waals surface area (Å²) in [6, 6.07) is 11.7. The molecule has 3 heterocycles. The van der Waals surface area contributed by atoms with Crippen LogP contribution in [0.15, 0.2) is 30.3 Å². The fourth-order valence-corrected chi connectivity index (χ4v) is 8.63. The smallest absolute Gasteiger partial charge is 0.165 e. The first-order chi connectivity index (χ1) is 23.7. The molecule has 1 aliphatic carbocycles. The fraction of sp³-hybridized carbons (Fsp3) is 0.579. The zero-order valence-corrected chi connectivity index (χ0v) is 33.1. The molecule has 0 spiro atoms. The number of nitrogens with zero attached hydrogens (tertiary/aromatic N) is 5. The Morgan fingerprint density at radius 1 is 0.900 bits per heavy atom. The zero-order valence-electron chi connectivity index (χ0n) is 31.1. The molecular formula is C38H56FN5O4Si2. The molecule has 0 amide bonds. The Morgan fingerprint density at radius 2 is 1.58 bits per heavy atom. The van der Waals surface area contributed by atoms with Gasteiger partial charge in [0.15, 0.2) is 17.4 Å². The lowest BCUT2D eigenvalue weighted by atomic mass is 9.92. The van der Waals surface area contributed by atoms with E-state index in [0.717, 1.165) is 95.7 Å². The highest BCUT2D eigenvalue weighted by Gasteiger charge is 2.34. The number of aliphatic hydroxyl groups is 1. The topological polar surface area (TPSA) is 97.8 Å². The molecule has 1 saturated carbocycles. The molecule has 2 aliphatic rings. The molecule has 6 rings (SSSR count). The van der Waals surface area contributed by atoms with Crippen molar-refractivity contribution in [2.24, 2.45) is 0 Å². The van der Waals surface area contributed by atoms with Crippen LogP contribution in [0.1, 0.15) is 49.6 Å². The van der Waals surface area contributed by atoms with E-state index in [1.165, 1.54) is 17.8 Å². The number of fused-ring (bicyclic) bond motifs is 2. The molecule has 0 bridgehead atoms. The van der Waals surface area contributed by atoms with Crippen molar-refractivity contribution in [3.8, 4) is 28.4 Å². The predicted octanol–water partition coefficient (Wildman–Crippen LogP) is 8.22. The average molecular weight is 722 g/mol. The summed E-state index contributed by atoms with van der Waals surface area (Å²) in [5.74, 6) is -0.170. The number of aryl methyl sites for hydroxylation is 1. The number of imidazole rings is 1. The number of rotatable bonds is 14. The third-order valence-corrected chi connectivity index (χ3v) is 13.7. The number of phenols is 1. The molecule has 2 aromatic heterocycles. The standard InChI is InChI=1S/C38H56FN5O4Si2/c1-8-26-20-36(46)32(39)21-31(26)27-9-14-30-34(19-27)44(25-48-16-18-50(5,6)7)41-37(30)38-40-33-22-42(28-10-12-29(45)13-11-28)23-35(33)43(38)24-47-15-17-49(2,3)4/h9,14,19-21,28-29,45-46H,8,10-13,15-18,22-25H2,1-7H3. The summed E-state index contributed by atoms with van der Waals surface area (Å²) >= 11 is 0. The minimum absolute atomic E-state index is 0.181. The number of hydrogen-bond donors (Lipinski definition) is 2. The van der Waals surface area contributed by atoms with Crippen molar-refractivity contribution < 1.29 is 24.1 Å². The van der Waals surface area contributed by atoms with Crippen LogP contribution in [0.4, 0.5) is 4.39 Å². The van der Waals surface area contributed by atoms with Crippen LogP contribution in [0.2, 0.25) is 51.4 Å². The second kappa shape index (κ2) is 15.0. The van der Waals surface area contributed by atoms with Crippen LogP contribution < -0.4 is 0 Å². The van der Waals surface area contributed by atoms with Crippen molar-refractivity contribution in [3.63, 3.8) is 0 Å². The largest absolute Gasteiger partial charge is 0.505 e. The molecule has 1 fully saturated rings. The van der Waals surface area contributed by atoms with Crippen molar-refractivity contribution in [1.29, 1.82) is 0 Å². The number of aromatic hydroxyl groups is 1. The maximum absolute atomic E-state index is 14.7. The van der Waals surface area contributed by atoms with Crippen molar-refractivity contribution in [3.05, 3.63) is 53.1 Å². The van der Waals surface area contributed by atoms with Gasteiger partial charge >= 0.3 is 0 Å². The highest BCUT2D eigenvalue weighted by molar-refractivity contribution is 6.76. The van der Waals surface area contributed by atoms with Gasteiger partial charge in [0.2, 0.25) is 0 Å². The molecule has 9 nitrogen and oxygen atoms in total. The molecule has 0 saturated heterocycles. The quantitative estimate of drug-likeness (QED) is 0.100. The second-order valence-corrected chi connectivity index (χ2v) is 28.0. The summed E-state index contributed by atoms with van der Waals surface area (Å²) in [6.45, 7) is 19.8. The molecule has 2 N–H and O–H groups in total. The molecule has 272 valence electrons. The van der Waals surface area contributed by atoms with E-state index >= 15 is 0 Å². The summed E-state index contributed by atoms with van der Waals surface area (Å²) in [4.78, 5) is 7.80. The Bertz CT molecular complexity index is 1800. The zero-order chi connectivity index (χ0) is 35.8. The van der Waals surface area contributed by atoms with Gasteiger partial charge in [-0.3, -0.25) is 4.90 Å². The monoisotopic (exact) mass is 721 g/mol. The number of benzene rings is 2. The molecule has 2 aromatic carbocycles. The average Bonchev–Trinajstić information content (AvgIpc) is 3.73. The summed E-state index contributed by atoms with van der Waals surface area (Å²) < 4.78 is 31.4. The minimum Gasteiger partial charge on any atom is -0.505 e. The van der Waals surface area contributed by atoms with Gasteiger partial charge in [-0.2, -0.15) is 5.10 Å². The highest BCUT2D eigenvalue weighted by atomic mass is 28.3. The van der Waals surface area contributed by atoms with Crippen LogP contribution in [0.5, 0.6) is 5.75 Å². The number of halogens is 1. The van der Waals surface area contributed by atoms with Gasteiger partial charge in [-0.25, -0.2) is 14.1 Å². The van der Waals surface area contributed by atoms with Crippen LogP contribution in [0, 0.1) is 5.82 Å². The first kappa shape index (κ1) is 36.9. The van der Waals surface area contributed by atoms with Gasteiger partial charge in [0.25, 0.3) is 0 Å². The SMILES string of the molecule is CCc1cc(O)c(F)cc1-c1ccc2c(-c3nc4c(n3COCC[Si](C)(C)C)CN(C3CCC(O)CC3)C4)nn(COCC[Si](C)(C)C)c2c1. The van der Waals surface area contributed by atoms with Gasteiger partial charge < -0.3 is 24.3 Å². The van der Waals surface area contributed by atoms with Gasteiger partial charge in [0.05, 0.1) is 23.0 Å². The van der Waals surface area contributed by atoms with E-state index in [0.29, 0.717) is 39.1 Å². The Kier molecular flexibility index (Phi) is 11.1. The van der Waals surface area contributed by atoms with Crippen molar-refractivity contribution in [1.82, 2.24) is 24.2 Å². The van der Waals surface area contributed by atoms with Crippen molar-refractivity contribution >= 4 is 27.1 Å². The first-order valence-corrected chi connectivity index (χ1v) is 25.8. The Hall–Kier alpha value is -2.88. The van der Waals surface area contributed by atoms with Gasteiger partial charge in [-0.1, -0.05) is 52.3 Å². The molecule has 0 atom stereocenters. The maximum atomic E-state index is 14.7. The van der Waals surface area contributed by atoms with E-state index in [9.17, 15) is 14.6 Å². The lowest BCUT2D eigenvalue weighted by molar-refractivity contribution is 0.0673. The van der Waals surface area contributed by atoms with E-state index in [2.05, 4.69) is 60.9 Å². The normalized spacial score (nSPS) is 18.7. The lowest BCUT2D eigenvalue weighted by Crippen LogP contribution is -2.36. The third-order valence-electron chi connectivity index (χ3n) is 10.3. The van der Waals surface area contributed by atoms with Crippen molar-refractivity contribution in [2.45, 2.75) is 129 Å². The molecule has 50 heavy (non-hydrogen) atoms. The molecule has 4 aromatic rings. The molecule has 12 heteroatoms. The number of hydrogen-bond acceptors (Lipinski definition) is 7. The van der Waals surface area contributed by atoms with Crippen LogP contribution in [-0.4, -0.2) is 76.0 Å². The van der Waals surface area contributed by atoms with E-state index in [-0.39, 0.29) is 11.9 Å². The van der Waals surface area contributed by atoms with E-state index < -0.39 is 22.0 Å². The molecule has 0 radical (unpaired) electrons. The van der Waals surface area contributed by atoms with Gasteiger partial charge in [0, 0.05) is 53.9 Å². The summed E-state index contributed by atoms with van der Waals surface area (Å²) in [7, 11) is -2.55. The Morgan fingerprint density at radius 3 is 2.24 bits per heavy atom. The number of phenolic OH excluding ortho intramolecular Hbond substituents is 1. The van der Waals surface area contributed by atoms with Gasteiger partial charge in [-0.05, 0) is 85.1 Å². The van der Waals surface area contributed by atoms with E-state index in [1.54, 1.807) is 0 Å². The van der Waals surface area contributed by atoms with Gasteiger partial charge in [-0.15, -0.1) is 0 Å². The van der Waals surface area contributed by atoms with Crippen LogP contribution in [-0.2, 0) is 42.4 Å². The molecule has 1 aliphatic heterocycles. The predicted molar refractivity (Wildman–Crippen MR) is 203 cm³/mol. The summed E-state index contributed by atoms with van der Waals surface area (Å²) in [5.41, 5.74) is 6.40. The lowest BCUT2D eigenvalue weighted by Gasteiger charge is -2.32. The number of aliphatic hydroxyl groups excluding tert-OH is 1. The van der Waals surface area contributed by atoms with Crippen molar-refractivity contribution in [2.75, 3.05) is 13.2 Å². The van der Waals surface area contributed by atoms with Crippen LogP contribution >= 0.6 is 0 Å². The van der Waals surface area contributed by atoms with Crippen LogP contribution in [0.25, 0.3) is 33.5 Å². The maximum Gasteiger partial charge on any atom is 0.165 e. The molecular weight excluding hydrogens is 666 g/mol. The summed E-state index contributed by atoms with van der Waals surface area (Å²) in [6.07, 6.45) is 4.19. The second-order valence-electron chi connectivity index (χ2n) is 16.7. The Balaban J connectivity index is 1.39. The van der Waals surface area contributed by atoms with Gasteiger partial charge in [0.1, 0.15) is 19.2 Å². The Labute approximate surface area is 298 Å². The minimum atomic E-state index is -1.28.